The van der Waals surface area contributed by atoms with Gasteiger partial charge in [-0.3, -0.25) is 10.1 Å². The van der Waals surface area contributed by atoms with Crippen LogP contribution in [0.15, 0.2) is 60.0 Å². The van der Waals surface area contributed by atoms with E-state index < -0.39 is 5.97 Å². The van der Waals surface area contributed by atoms with Gasteiger partial charge in [-0.1, -0.05) is 30.3 Å². The molecule has 2 N–H and O–H groups in total. The maximum atomic E-state index is 12.1. The molecule has 1 amide bonds. The fourth-order valence-electron chi connectivity index (χ4n) is 2.01. The molecule has 0 saturated heterocycles. The van der Waals surface area contributed by atoms with Crippen molar-refractivity contribution in [1.29, 1.82) is 0 Å². The molecule has 23 heavy (non-hydrogen) atoms. The predicted molar refractivity (Wildman–Crippen MR) is 88.9 cm³/mol. The van der Waals surface area contributed by atoms with Crippen LogP contribution in [0, 0.1) is 0 Å². The Bertz CT molecular complexity index is 842. The first-order valence-electron chi connectivity index (χ1n) is 6.79. The van der Waals surface area contributed by atoms with E-state index in [4.69, 9.17) is 5.11 Å². The van der Waals surface area contributed by atoms with Crippen LogP contribution in [0.5, 0.6) is 0 Å². The Balaban J connectivity index is 1.75. The number of rotatable bonds is 4. The lowest BCUT2D eigenvalue weighted by Gasteiger charge is -2.01. The third-order valence-electron chi connectivity index (χ3n) is 3.19. The van der Waals surface area contributed by atoms with Crippen LogP contribution in [0.25, 0.3) is 11.3 Å². The SMILES string of the molecule is O=C(O)c1ccc(-c2csc(NC(=O)c3ccccc3)n2)cc1. The summed E-state index contributed by atoms with van der Waals surface area (Å²) in [7, 11) is 0. The summed E-state index contributed by atoms with van der Waals surface area (Å²) in [6.45, 7) is 0. The molecule has 5 nitrogen and oxygen atoms in total. The highest BCUT2D eigenvalue weighted by Crippen LogP contribution is 2.25. The highest BCUT2D eigenvalue weighted by Gasteiger charge is 2.10. The first-order valence-corrected chi connectivity index (χ1v) is 7.67. The maximum Gasteiger partial charge on any atom is 0.335 e. The minimum absolute atomic E-state index is 0.215. The van der Waals surface area contributed by atoms with E-state index >= 15 is 0 Å². The van der Waals surface area contributed by atoms with Crippen molar-refractivity contribution >= 4 is 28.3 Å². The number of carbonyl (C=O) groups excluding carboxylic acids is 1. The molecule has 0 fully saturated rings. The Morgan fingerprint density at radius 3 is 2.30 bits per heavy atom. The average Bonchev–Trinajstić information content (AvgIpc) is 3.04. The van der Waals surface area contributed by atoms with E-state index in [1.807, 2.05) is 11.4 Å². The van der Waals surface area contributed by atoms with Gasteiger partial charge in [0, 0.05) is 16.5 Å². The van der Waals surface area contributed by atoms with Gasteiger partial charge in [-0.25, -0.2) is 9.78 Å². The summed E-state index contributed by atoms with van der Waals surface area (Å²) in [6.07, 6.45) is 0. The number of benzene rings is 2. The summed E-state index contributed by atoms with van der Waals surface area (Å²) in [5, 5.41) is 14.0. The van der Waals surface area contributed by atoms with Crippen molar-refractivity contribution < 1.29 is 14.7 Å². The van der Waals surface area contributed by atoms with Gasteiger partial charge < -0.3 is 5.11 Å². The van der Waals surface area contributed by atoms with Crippen molar-refractivity contribution in [2.45, 2.75) is 0 Å². The molecule has 0 radical (unpaired) electrons. The molecule has 114 valence electrons. The third-order valence-corrected chi connectivity index (χ3v) is 3.95. The number of hydrogen-bond acceptors (Lipinski definition) is 4. The second-order valence-corrected chi connectivity index (χ2v) is 5.60. The summed E-state index contributed by atoms with van der Waals surface area (Å²) in [4.78, 5) is 27.3. The van der Waals surface area contributed by atoms with Crippen LogP contribution in [0.4, 0.5) is 5.13 Å². The summed E-state index contributed by atoms with van der Waals surface area (Å²) in [5.74, 6) is -1.18. The van der Waals surface area contributed by atoms with Crippen LogP contribution < -0.4 is 5.32 Å². The number of carboxylic acids is 1. The van der Waals surface area contributed by atoms with Crippen molar-refractivity contribution in [2.75, 3.05) is 5.32 Å². The van der Waals surface area contributed by atoms with Crippen LogP contribution in [0.2, 0.25) is 0 Å². The van der Waals surface area contributed by atoms with E-state index in [2.05, 4.69) is 10.3 Å². The van der Waals surface area contributed by atoms with E-state index in [0.717, 1.165) is 5.56 Å². The third kappa shape index (κ3) is 3.44. The average molecular weight is 324 g/mol. The number of carbonyl (C=O) groups is 2. The predicted octanol–water partition coefficient (Wildman–Crippen LogP) is 3.76. The molecule has 0 atom stereocenters. The van der Waals surface area contributed by atoms with E-state index in [-0.39, 0.29) is 11.5 Å². The van der Waals surface area contributed by atoms with Gasteiger partial charge in [-0.05, 0) is 24.3 Å². The van der Waals surface area contributed by atoms with Gasteiger partial charge in [0.05, 0.1) is 11.3 Å². The van der Waals surface area contributed by atoms with Gasteiger partial charge in [-0.15, -0.1) is 11.3 Å². The van der Waals surface area contributed by atoms with Crippen LogP contribution in [-0.2, 0) is 0 Å². The zero-order chi connectivity index (χ0) is 16.2. The minimum Gasteiger partial charge on any atom is -0.478 e. The summed E-state index contributed by atoms with van der Waals surface area (Å²) >= 11 is 1.32. The number of aromatic carboxylic acids is 1. The van der Waals surface area contributed by atoms with Gasteiger partial charge >= 0.3 is 5.97 Å². The minimum atomic E-state index is -0.967. The number of thiazole rings is 1. The second kappa shape index (κ2) is 6.41. The van der Waals surface area contributed by atoms with Gasteiger partial charge in [0.25, 0.3) is 5.91 Å². The molecule has 0 saturated carbocycles. The number of nitrogens with zero attached hydrogens (tertiary/aromatic N) is 1. The molecular weight excluding hydrogens is 312 g/mol. The van der Waals surface area contributed by atoms with Crippen LogP contribution in [0.1, 0.15) is 20.7 Å². The van der Waals surface area contributed by atoms with Gasteiger partial charge in [0.2, 0.25) is 0 Å². The molecule has 2 aromatic carbocycles. The van der Waals surface area contributed by atoms with Gasteiger partial charge in [-0.2, -0.15) is 0 Å². The molecule has 1 heterocycles. The first kappa shape index (κ1) is 14.9. The highest BCUT2D eigenvalue weighted by molar-refractivity contribution is 7.14. The van der Waals surface area contributed by atoms with Gasteiger partial charge in [0.1, 0.15) is 0 Å². The van der Waals surface area contributed by atoms with Crippen molar-refractivity contribution in [2.24, 2.45) is 0 Å². The maximum absolute atomic E-state index is 12.1. The Morgan fingerprint density at radius 2 is 1.65 bits per heavy atom. The standard InChI is InChI=1S/C17H12N2O3S/c20-15(12-4-2-1-3-5-12)19-17-18-14(10-23-17)11-6-8-13(9-7-11)16(21)22/h1-10H,(H,21,22)(H,18,19,20). The molecule has 6 heteroatoms. The number of amides is 1. The van der Waals surface area contributed by atoms with Crippen molar-refractivity contribution in [3.63, 3.8) is 0 Å². The molecule has 0 unspecified atom stereocenters. The van der Waals surface area contributed by atoms with Crippen molar-refractivity contribution in [3.8, 4) is 11.3 Å². The summed E-state index contributed by atoms with van der Waals surface area (Å²) in [5.41, 5.74) is 2.28. The van der Waals surface area contributed by atoms with E-state index in [0.29, 0.717) is 16.4 Å². The number of aromatic nitrogens is 1. The largest absolute Gasteiger partial charge is 0.478 e. The molecule has 0 aliphatic heterocycles. The van der Waals surface area contributed by atoms with E-state index in [9.17, 15) is 9.59 Å². The van der Waals surface area contributed by atoms with Crippen LogP contribution in [-0.4, -0.2) is 22.0 Å². The number of carboxylic acid groups (broad SMARTS) is 1. The lowest BCUT2D eigenvalue weighted by molar-refractivity contribution is 0.0696. The molecule has 3 aromatic rings. The zero-order valence-corrected chi connectivity index (χ0v) is 12.7. The van der Waals surface area contributed by atoms with Gasteiger partial charge in [0.15, 0.2) is 5.13 Å². The Hall–Kier alpha value is -2.99. The first-order chi connectivity index (χ1) is 11.1. The highest BCUT2D eigenvalue weighted by atomic mass is 32.1. The zero-order valence-electron chi connectivity index (χ0n) is 11.9. The summed E-state index contributed by atoms with van der Waals surface area (Å²) < 4.78 is 0. The molecule has 0 bridgehead atoms. The Kier molecular flexibility index (Phi) is 4.16. The number of anilines is 1. The number of hydrogen-bond donors (Lipinski definition) is 2. The molecule has 0 spiro atoms. The van der Waals surface area contributed by atoms with Crippen molar-refractivity contribution in [3.05, 3.63) is 71.1 Å². The Morgan fingerprint density at radius 1 is 0.957 bits per heavy atom. The lowest BCUT2D eigenvalue weighted by Crippen LogP contribution is -2.11. The quantitative estimate of drug-likeness (QED) is 0.766. The molecule has 0 aliphatic carbocycles. The molecule has 0 aliphatic rings. The second-order valence-electron chi connectivity index (χ2n) is 4.74. The van der Waals surface area contributed by atoms with Crippen molar-refractivity contribution in [1.82, 2.24) is 4.98 Å². The normalized spacial score (nSPS) is 10.3. The Labute approximate surface area is 136 Å². The lowest BCUT2D eigenvalue weighted by atomic mass is 10.1. The smallest absolute Gasteiger partial charge is 0.335 e. The molecule has 1 aromatic heterocycles. The molecule has 3 rings (SSSR count). The molecular formula is C17H12N2O3S. The monoisotopic (exact) mass is 324 g/mol. The topological polar surface area (TPSA) is 79.3 Å². The fourth-order valence-corrected chi connectivity index (χ4v) is 2.72. The van der Waals surface area contributed by atoms with E-state index in [1.165, 1.54) is 23.5 Å². The van der Waals surface area contributed by atoms with Crippen LogP contribution in [0.3, 0.4) is 0 Å². The number of nitrogens with one attached hydrogen (secondary N) is 1. The summed E-state index contributed by atoms with van der Waals surface area (Å²) in [6, 6.07) is 15.3. The van der Waals surface area contributed by atoms with E-state index in [1.54, 1.807) is 36.4 Å². The van der Waals surface area contributed by atoms with Crippen LogP contribution >= 0.6 is 11.3 Å². The fraction of sp³-hybridized carbons (Fsp3) is 0.